The van der Waals surface area contributed by atoms with Gasteiger partial charge in [0.2, 0.25) is 5.91 Å². The van der Waals surface area contributed by atoms with Gasteiger partial charge >= 0.3 is 0 Å². The number of nitrogens with zero attached hydrogens (tertiary/aromatic N) is 3. The average Bonchev–Trinajstić information content (AvgIpc) is 3.22. The second-order valence-corrected chi connectivity index (χ2v) is 8.64. The van der Waals surface area contributed by atoms with E-state index in [0.29, 0.717) is 56.9 Å². The van der Waals surface area contributed by atoms with Crippen molar-refractivity contribution in [1.29, 1.82) is 0 Å². The van der Waals surface area contributed by atoms with E-state index in [-0.39, 0.29) is 11.8 Å². The van der Waals surface area contributed by atoms with Gasteiger partial charge in [0.25, 0.3) is 5.91 Å². The van der Waals surface area contributed by atoms with E-state index in [4.69, 9.17) is 14.0 Å². The van der Waals surface area contributed by atoms with E-state index in [1.165, 1.54) is 0 Å². The fourth-order valence-electron chi connectivity index (χ4n) is 4.13. The lowest BCUT2D eigenvalue weighted by Crippen LogP contribution is -2.50. The van der Waals surface area contributed by atoms with E-state index in [1.54, 1.807) is 24.1 Å². The van der Waals surface area contributed by atoms with E-state index in [2.05, 4.69) is 5.16 Å². The molecule has 0 atom stereocenters. The maximum absolute atomic E-state index is 13.1. The molecule has 3 aromatic rings. The molecule has 0 saturated carbocycles. The highest BCUT2D eigenvalue weighted by atomic mass is 16.5. The Kier molecular flexibility index (Phi) is 7.70. The van der Waals surface area contributed by atoms with Crippen LogP contribution in [0, 0.1) is 13.8 Å². The van der Waals surface area contributed by atoms with Crippen molar-refractivity contribution in [2.24, 2.45) is 0 Å². The third kappa shape index (κ3) is 6.01. The van der Waals surface area contributed by atoms with Crippen LogP contribution < -0.4 is 9.47 Å². The number of carbonyl (C=O) groups is 2. The standard InChI is InChI=1S/C27H31N3O5/c1-19-25(20(2)35-28-19)18-34-24-6-4-5-22(17-24)27(32)30-15-13-29(14-16-30)26(31)12-9-21-7-10-23(33-3)11-8-21/h4-8,10-11,17H,9,12-16,18H2,1-3H3. The van der Waals surface area contributed by atoms with Crippen LogP contribution in [0.15, 0.2) is 53.1 Å². The fourth-order valence-corrected chi connectivity index (χ4v) is 4.13. The SMILES string of the molecule is COc1ccc(CCC(=O)N2CCN(C(=O)c3cccc(OCc4c(C)noc4C)c3)CC2)cc1. The molecule has 1 aliphatic heterocycles. The largest absolute Gasteiger partial charge is 0.497 e. The van der Waals surface area contributed by atoms with Crippen molar-refractivity contribution in [2.75, 3.05) is 33.3 Å². The minimum Gasteiger partial charge on any atom is -0.497 e. The Morgan fingerprint density at radius 2 is 1.69 bits per heavy atom. The number of methoxy groups -OCH3 is 1. The number of amides is 2. The topological polar surface area (TPSA) is 85.1 Å². The first-order valence-electron chi connectivity index (χ1n) is 11.8. The molecule has 0 aliphatic carbocycles. The van der Waals surface area contributed by atoms with Gasteiger partial charge in [-0.3, -0.25) is 9.59 Å². The summed E-state index contributed by atoms with van der Waals surface area (Å²) in [5, 5.41) is 3.94. The van der Waals surface area contributed by atoms with Gasteiger partial charge < -0.3 is 23.8 Å². The molecular formula is C27H31N3O5. The van der Waals surface area contributed by atoms with Gasteiger partial charge in [0.15, 0.2) is 0 Å². The molecule has 2 aromatic carbocycles. The lowest BCUT2D eigenvalue weighted by molar-refractivity contribution is -0.132. The molecule has 1 saturated heterocycles. The predicted molar refractivity (Wildman–Crippen MR) is 131 cm³/mol. The Morgan fingerprint density at radius 1 is 0.971 bits per heavy atom. The lowest BCUT2D eigenvalue weighted by atomic mass is 10.1. The van der Waals surface area contributed by atoms with Crippen LogP contribution in [0.3, 0.4) is 0 Å². The van der Waals surface area contributed by atoms with E-state index in [9.17, 15) is 9.59 Å². The molecular weight excluding hydrogens is 446 g/mol. The zero-order chi connectivity index (χ0) is 24.8. The van der Waals surface area contributed by atoms with E-state index in [0.717, 1.165) is 28.3 Å². The van der Waals surface area contributed by atoms with E-state index < -0.39 is 0 Å². The van der Waals surface area contributed by atoms with Gasteiger partial charge in [-0.1, -0.05) is 23.4 Å². The highest BCUT2D eigenvalue weighted by Gasteiger charge is 2.25. The van der Waals surface area contributed by atoms with Gasteiger partial charge in [0.05, 0.1) is 18.4 Å². The summed E-state index contributed by atoms with van der Waals surface area (Å²) in [7, 11) is 1.63. The number of hydrogen-bond acceptors (Lipinski definition) is 6. The highest BCUT2D eigenvalue weighted by molar-refractivity contribution is 5.94. The van der Waals surface area contributed by atoms with Crippen molar-refractivity contribution in [2.45, 2.75) is 33.3 Å². The van der Waals surface area contributed by atoms with Crippen LogP contribution in [0.1, 0.15) is 39.4 Å². The summed E-state index contributed by atoms with van der Waals surface area (Å²) in [5.41, 5.74) is 3.38. The van der Waals surface area contributed by atoms with E-state index in [1.807, 2.05) is 55.1 Å². The number of aromatic nitrogens is 1. The summed E-state index contributed by atoms with van der Waals surface area (Å²) in [6.07, 6.45) is 1.13. The molecule has 35 heavy (non-hydrogen) atoms. The number of rotatable bonds is 8. The molecule has 1 aromatic heterocycles. The molecule has 184 valence electrons. The zero-order valence-corrected chi connectivity index (χ0v) is 20.5. The Morgan fingerprint density at radius 3 is 2.34 bits per heavy atom. The third-order valence-corrected chi connectivity index (χ3v) is 6.35. The Hall–Kier alpha value is -3.81. The molecule has 0 spiro atoms. The van der Waals surface area contributed by atoms with Gasteiger partial charge in [-0.05, 0) is 56.2 Å². The summed E-state index contributed by atoms with van der Waals surface area (Å²) >= 11 is 0. The minimum absolute atomic E-state index is 0.0573. The van der Waals surface area contributed by atoms with Crippen molar-refractivity contribution < 1.29 is 23.6 Å². The highest BCUT2D eigenvalue weighted by Crippen LogP contribution is 2.20. The van der Waals surface area contributed by atoms with Crippen molar-refractivity contribution in [3.8, 4) is 11.5 Å². The Bertz CT molecular complexity index is 1140. The van der Waals surface area contributed by atoms with Crippen LogP contribution in [-0.2, 0) is 17.8 Å². The molecule has 0 radical (unpaired) electrons. The summed E-state index contributed by atoms with van der Waals surface area (Å²) in [4.78, 5) is 29.4. The minimum atomic E-state index is -0.0573. The number of aryl methyl sites for hydroxylation is 3. The van der Waals surface area contributed by atoms with Crippen LogP contribution >= 0.6 is 0 Å². The number of hydrogen-bond donors (Lipinski definition) is 0. The smallest absolute Gasteiger partial charge is 0.254 e. The molecule has 8 heteroatoms. The van der Waals surface area contributed by atoms with Crippen molar-refractivity contribution >= 4 is 11.8 Å². The molecule has 0 unspecified atom stereocenters. The first-order valence-corrected chi connectivity index (χ1v) is 11.8. The van der Waals surface area contributed by atoms with Gasteiger partial charge in [-0.2, -0.15) is 0 Å². The molecule has 4 rings (SSSR count). The van der Waals surface area contributed by atoms with Crippen molar-refractivity contribution in [3.63, 3.8) is 0 Å². The van der Waals surface area contributed by atoms with Gasteiger partial charge in [0.1, 0.15) is 23.9 Å². The maximum Gasteiger partial charge on any atom is 0.254 e. The van der Waals surface area contributed by atoms with Gasteiger partial charge in [-0.15, -0.1) is 0 Å². The van der Waals surface area contributed by atoms with Gasteiger partial charge in [0, 0.05) is 38.2 Å². The molecule has 1 aliphatic rings. The summed E-state index contributed by atoms with van der Waals surface area (Å²) in [5.74, 6) is 2.20. The number of piperazine rings is 1. The average molecular weight is 478 g/mol. The molecule has 0 N–H and O–H groups in total. The van der Waals surface area contributed by atoms with Gasteiger partial charge in [-0.25, -0.2) is 0 Å². The number of ether oxygens (including phenoxy) is 2. The summed E-state index contributed by atoms with van der Waals surface area (Å²) in [6, 6.07) is 15.0. The molecule has 1 fully saturated rings. The van der Waals surface area contributed by atoms with Crippen LogP contribution in [0.4, 0.5) is 0 Å². The Labute approximate surface area is 205 Å². The fraction of sp³-hybridized carbons (Fsp3) is 0.370. The molecule has 2 heterocycles. The van der Waals surface area contributed by atoms with Crippen LogP contribution in [0.25, 0.3) is 0 Å². The second kappa shape index (κ2) is 11.1. The quantitative estimate of drug-likeness (QED) is 0.491. The second-order valence-electron chi connectivity index (χ2n) is 8.64. The molecule has 2 amide bonds. The molecule has 0 bridgehead atoms. The normalized spacial score (nSPS) is 13.6. The first kappa shape index (κ1) is 24.3. The monoisotopic (exact) mass is 477 g/mol. The lowest BCUT2D eigenvalue weighted by Gasteiger charge is -2.35. The summed E-state index contributed by atoms with van der Waals surface area (Å²) in [6.45, 7) is 6.15. The maximum atomic E-state index is 13.1. The van der Waals surface area contributed by atoms with Crippen molar-refractivity contribution in [3.05, 3.63) is 76.7 Å². The molecule has 8 nitrogen and oxygen atoms in total. The van der Waals surface area contributed by atoms with Crippen LogP contribution in [0.2, 0.25) is 0 Å². The summed E-state index contributed by atoms with van der Waals surface area (Å²) < 4.78 is 16.2. The number of benzene rings is 2. The zero-order valence-electron chi connectivity index (χ0n) is 20.5. The number of carbonyl (C=O) groups excluding carboxylic acids is 2. The van der Waals surface area contributed by atoms with Crippen LogP contribution in [0.5, 0.6) is 11.5 Å². The third-order valence-electron chi connectivity index (χ3n) is 6.35. The van der Waals surface area contributed by atoms with Crippen LogP contribution in [-0.4, -0.2) is 60.1 Å². The predicted octanol–water partition coefficient (Wildman–Crippen LogP) is 3.80. The Balaban J connectivity index is 1.26. The van der Waals surface area contributed by atoms with Crippen molar-refractivity contribution in [1.82, 2.24) is 15.0 Å². The van der Waals surface area contributed by atoms with E-state index >= 15 is 0 Å². The first-order chi connectivity index (χ1) is 16.9.